The van der Waals surface area contributed by atoms with Gasteiger partial charge in [-0.25, -0.2) is 4.79 Å². The van der Waals surface area contributed by atoms with Crippen molar-refractivity contribution < 1.29 is 33.0 Å². The maximum atomic E-state index is 15.1. The molecular formula is C26H28F2N2O5. The van der Waals surface area contributed by atoms with E-state index < -0.39 is 48.3 Å². The van der Waals surface area contributed by atoms with Crippen LogP contribution >= 0.6 is 0 Å². The minimum Gasteiger partial charge on any atom is -0.481 e. The summed E-state index contributed by atoms with van der Waals surface area (Å²) in [5.74, 6) is -7.50. The van der Waals surface area contributed by atoms with Crippen LogP contribution in [0, 0.1) is 5.92 Å². The quantitative estimate of drug-likeness (QED) is 0.464. The Bertz CT molecular complexity index is 1070. The molecule has 0 aromatic heterocycles. The van der Waals surface area contributed by atoms with Gasteiger partial charge in [-0.05, 0) is 47.4 Å². The Kier molecular flexibility index (Phi) is 7.05. The largest absolute Gasteiger partial charge is 0.481 e. The Morgan fingerprint density at radius 3 is 2.11 bits per heavy atom. The van der Waals surface area contributed by atoms with Crippen LogP contribution in [0.15, 0.2) is 48.5 Å². The van der Waals surface area contributed by atoms with E-state index in [0.29, 0.717) is 12.8 Å². The van der Waals surface area contributed by atoms with Gasteiger partial charge in [0.15, 0.2) is 0 Å². The summed E-state index contributed by atoms with van der Waals surface area (Å²) in [6.07, 6.45) is -0.407. The van der Waals surface area contributed by atoms with Crippen LogP contribution in [-0.2, 0) is 14.3 Å². The molecule has 2 aliphatic carbocycles. The molecule has 2 aromatic rings. The molecule has 1 fully saturated rings. The fourth-order valence-electron chi connectivity index (χ4n) is 4.63. The molecule has 4 rings (SSSR count). The average Bonchev–Trinajstić information content (AvgIpc) is 3.62. The van der Waals surface area contributed by atoms with E-state index in [9.17, 15) is 14.4 Å². The topological polar surface area (TPSA) is 105 Å². The molecule has 2 aliphatic rings. The van der Waals surface area contributed by atoms with Crippen molar-refractivity contribution in [3.8, 4) is 11.1 Å². The molecule has 2 aromatic carbocycles. The summed E-state index contributed by atoms with van der Waals surface area (Å²) >= 11 is 0. The molecule has 0 spiro atoms. The van der Waals surface area contributed by atoms with Crippen molar-refractivity contribution in [2.24, 2.45) is 5.92 Å². The number of carbonyl (C=O) groups excluding carboxylic acids is 2. The molecule has 2 amide bonds. The molecule has 0 saturated heterocycles. The second-order valence-corrected chi connectivity index (χ2v) is 9.08. The van der Waals surface area contributed by atoms with E-state index in [1.807, 2.05) is 48.5 Å². The molecular weight excluding hydrogens is 458 g/mol. The number of alkyl halides is 2. The Labute approximate surface area is 201 Å². The molecule has 0 radical (unpaired) electrons. The summed E-state index contributed by atoms with van der Waals surface area (Å²) in [5, 5.41) is 13.2. The van der Waals surface area contributed by atoms with Crippen molar-refractivity contribution in [3.05, 3.63) is 59.7 Å². The predicted octanol–water partition coefficient (Wildman–Crippen LogP) is 4.31. The summed E-state index contributed by atoms with van der Waals surface area (Å²) < 4.78 is 35.5. The zero-order valence-corrected chi connectivity index (χ0v) is 19.3. The number of fused-ring (bicyclic) bond motifs is 3. The van der Waals surface area contributed by atoms with Crippen molar-refractivity contribution in [2.75, 3.05) is 6.61 Å². The molecule has 186 valence electrons. The van der Waals surface area contributed by atoms with Crippen molar-refractivity contribution in [1.82, 2.24) is 10.6 Å². The SMILES string of the molecule is CCC(CC(=O)O)NC(=O)C(F)(F)C(NC(=O)OCC1c2ccccc2-c2ccccc21)C1CC1. The number of benzene rings is 2. The van der Waals surface area contributed by atoms with Gasteiger partial charge in [0.2, 0.25) is 0 Å². The summed E-state index contributed by atoms with van der Waals surface area (Å²) in [6, 6.07) is 12.9. The van der Waals surface area contributed by atoms with E-state index in [1.165, 1.54) is 0 Å². The number of hydrogen-bond acceptors (Lipinski definition) is 4. The van der Waals surface area contributed by atoms with Gasteiger partial charge in [0, 0.05) is 12.0 Å². The van der Waals surface area contributed by atoms with E-state index >= 15 is 8.78 Å². The molecule has 0 bridgehead atoms. The lowest BCUT2D eigenvalue weighted by molar-refractivity contribution is -0.152. The molecule has 2 unspecified atom stereocenters. The van der Waals surface area contributed by atoms with Crippen LogP contribution in [0.5, 0.6) is 0 Å². The van der Waals surface area contributed by atoms with Crippen LogP contribution in [0.1, 0.15) is 49.7 Å². The molecule has 7 nitrogen and oxygen atoms in total. The third-order valence-corrected chi connectivity index (χ3v) is 6.65. The normalized spacial score (nSPS) is 16.5. The number of ether oxygens (including phenoxy) is 1. The molecule has 2 atom stereocenters. The van der Waals surface area contributed by atoms with Crippen molar-refractivity contribution in [1.29, 1.82) is 0 Å². The number of nitrogens with one attached hydrogen (secondary N) is 2. The first-order valence-electron chi connectivity index (χ1n) is 11.7. The second kappa shape index (κ2) is 10.0. The van der Waals surface area contributed by atoms with Gasteiger partial charge in [0.05, 0.1) is 6.42 Å². The standard InChI is InChI=1S/C26H28F2N2O5/c1-2-16(13-22(31)32)29-24(33)26(27,28)23(15-11-12-15)30-25(34)35-14-21-19-9-5-3-7-17(19)18-8-4-6-10-20(18)21/h3-10,15-16,21,23H,2,11-14H2,1H3,(H,29,33)(H,30,34)(H,31,32). The minimum atomic E-state index is -3.92. The summed E-state index contributed by atoms with van der Waals surface area (Å²) in [6.45, 7) is 1.56. The van der Waals surface area contributed by atoms with E-state index in [4.69, 9.17) is 9.84 Å². The fourth-order valence-corrected chi connectivity index (χ4v) is 4.63. The van der Waals surface area contributed by atoms with Crippen LogP contribution in [0.2, 0.25) is 0 Å². The van der Waals surface area contributed by atoms with E-state index in [1.54, 1.807) is 6.92 Å². The van der Waals surface area contributed by atoms with Crippen molar-refractivity contribution in [2.45, 2.75) is 56.5 Å². The van der Waals surface area contributed by atoms with Crippen LogP contribution in [0.3, 0.4) is 0 Å². The van der Waals surface area contributed by atoms with Crippen LogP contribution in [-0.4, -0.2) is 47.7 Å². The smallest absolute Gasteiger partial charge is 0.407 e. The lowest BCUT2D eigenvalue weighted by Gasteiger charge is -2.28. The maximum absolute atomic E-state index is 15.1. The van der Waals surface area contributed by atoms with E-state index in [-0.39, 0.29) is 18.9 Å². The molecule has 0 aliphatic heterocycles. The first-order valence-corrected chi connectivity index (χ1v) is 11.7. The van der Waals surface area contributed by atoms with Gasteiger partial charge in [-0.15, -0.1) is 0 Å². The number of carboxylic acids is 1. The minimum absolute atomic E-state index is 0.0362. The van der Waals surface area contributed by atoms with E-state index in [0.717, 1.165) is 22.3 Å². The number of carboxylic acid groups (broad SMARTS) is 1. The second-order valence-electron chi connectivity index (χ2n) is 9.08. The third-order valence-electron chi connectivity index (χ3n) is 6.65. The van der Waals surface area contributed by atoms with Gasteiger partial charge < -0.3 is 20.5 Å². The number of halogens is 2. The number of alkyl carbamates (subject to hydrolysis) is 1. The summed E-state index contributed by atoms with van der Waals surface area (Å²) in [7, 11) is 0. The highest BCUT2D eigenvalue weighted by molar-refractivity contribution is 5.86. The fraction of sp³-hybridized carbons (Fsp3) is 0.423. The Morgan fingerprint density at radius 2 is 1.60 bits per heavy atom. The van der Waals surface area contributed by atoms with Gasteiger partial charge in [-0.1, -0.05) is 55.5 Å². The highest BCUT2D eigenvalue weighted by atomic mass is 19.3. The van der Waals surface area contributed by atoms with Gasteiger partial charge >= 0.3 is 18.0 Å². The highest BCUT2D eigenvalue weighted by Gasteiger charge is 2.54. The van der Waals surface area contributed by atoms with E-state index in [2.05, 4.69) is 10.6 Å². The average molecular weight is 487 g/mol. The predicted molar refractivity (Wildman–Crippen MR) is 124 cm³/mol. The van der Waals surface area contributed by atoms with Crippen molar-refractivity contribution in [3.63, 3.8) is 0 Å². The Balaban J connectivity index is 1.42. The van der Waals surface area contributed by atoms with Crippen LogP contribution in [0.4, 0.5) is 13.6 Å². The lowest BCUT2D eigenvalue weighted by atomic mass is 9.98. The number of rotatable bonds is 10. The Hall–Kier alpha value is -3.49. The maximum Gasteiger partial charge on any atom is 0.407 e. The Morgan fingerprint density at radius 1 is 1.03 bits per heavy atom. The first-order chi connectivity index (χ1) is 16.7. The van der Waals surface area contributed by atoms with Gasteiger partial charge in [-0.3, -0.25) is 9.59 Å². The van der Waals surface area contributed by atoms with Crippen LogP contribution < -0.4 is 10.6 Å². The molecule has 1 saturated carbocycles. The van der Waals surface area contributed by atoms with Gasteiger partial charge in [-0.2, -0.15) is 8.78 Å². The number of aliphatic carboxylic acids is 1. The van der Waals surface area contributed by atoms with Crippen molar-refractivity contribution >= 4 is 18.0 Å². The van der Waals surface area contributed by atoms with Crippen LogP contribution in [0.25, 0.3) is 11.1 Å². The number of hydrogen-bond donors (Lipinski definition) is 3. The zero-order chi connectivity index (χ0) is 25.2. The van der Waals surface area contributed by atoms with Gasteiger partial charge in [0.25, 0.3) is 5.91 Å². The molecule has 9 heteroatoms. The number of amides is 2. The monoisotopic (exact) mass is 486 g/mol. The number of carbonyl (C=O) groups is 3. The molecule has 35 heavy (non-hydrogen) atoms. The zero-order valence-electron chi connectivity index (χ0n) is 19.3. The summed E-state index contributed by atoms with van der Waals surface area (Å²) in [4.78, 5) is 35.9. The third kappa shape index (κ3) is 5.28. The molecule has 3 N–H and O–H groups in total. The first kappa shape index (κ1) is 24.6. The summed E-state index contributed by atoms with van der Waals surface area (Å²) in [5.41, 5.74) is 4.08. The molecule has 0 heterocycles. The lowest BCUT2D eigenvalue weighted by Crippen LogP contribution is -2.58. The highest BCUT2D eigenvalue weighted by Crippen LogP contribution is 2.44. The van der Waals surface area contributed by atoms with Gasteiger partial charge in [0.1, 0.15) is 12.6 Å².